The minimum absolute atomic E-state index is 1.01. The normalized spacial score (nSPS) is 14.1. The standard InChI is InChI=1S/C15H19N3/c1-18-11-10-17-15(18)8-7-12-4-2-6-14-13(12)5-3-9-16-14/h2,4,6,10-11,16H,3,5,7-9H2,1H3. The molecule has 1 aromatic heterocycles. The number of nitrogens with zero attached hydrogens (tertiary/aromatic N) is 2. The van der Waals surface area contributed by atoms with E-state index in [0.717, 1.165) is 25.2 Å². The fourth-order valence-corrected chi connectivity index (χ4v) is 2.70. The molecule has 3 heteroatoms. The van der Waals surface area contributed by atoms with Crippen LogP contribution in [-0.2, 0) is 26.3 Å². The van der Waals surface area contributed by atoms with Crippen LogP contribution in [0.5, 0.6) is 0 Å². The van der Waals surface area contributed by atoms with Crippen molar-refractivity contribution in [2.24, 2.45) is 7.05 Å². The number of hydrogen-bond donors (Lipinski definition) is 1. The molecule has 0 radical (unpaired) electrons. The smallest absolute Gasteiger partial charge is 0.108 e. The van der Waals surface area contributed by atoms with Gasteiger partial charge in [-0.15, -0.1) is 0 Å². The minimum Gasteiger partial charge on any atom is -0.385 e. The van der Waals surface area contributed by atoms with Gasteiger partial charge in [-0.2, -0.15) is 0 Å². The topological polar surface area (TPSA) is 29.9 Å². The molecule has 0 bridgehead atoms. The third-order valence-corrected chi connectivity index (χ3v) is 3.73. The summed E-state index contributed by atoms with van der Waals surface area (Å²) in [6.07, 6.45) is 8.43. The second-order valence-electron chi connectivity index (χ2n) is 4.93. The summed E-state index contributed by atoms with van der Waals surface area (Å²) in [6, 6.07) is 6.61. The van der Waals surface area contributed by atoms with Gasteiger partial charge in [0, 0.05) is 38.1 Å². The van der Waals surface area contributed by atoms with Crippen molar-refractivity contribution in [1.82, 2.24) is 9.55 Å². The molecule has 0 saturated carbocycles. The van der Waals surface area contributed by atoms with Crippen molar-refractivity contribution < 1.29 is 0 Å². The first-order valence-corrected chi connectivity index (χ1v) is 6.65. The van der Waals surface area contributed by atoms with Gasteiger partial charge in [-0.3, -0.25) is 0 Å². The molecule has 0 atom stereocenters. The van der Waals surface area contributed by atoms with Gasteiger partial charge < -0.3 is 9.88 Å². The molecule has 2 aromatic rings. The Bertz CT molecular complexity index is 542. The van der Waals surface area contributed by atoms with E-state index in [1.165, 1.54) is 29.7 Å². The van der Waals surface area contributed by atoms with E-state index in [4.69, 9.17) is 0 Å². The van der Waals surface area contributed by atoms with Gasteiger partial charge in [-0.1, -0.05) is 12.1 Å². The number of anilines is 1. The lowest BCUT2D eigenvalue weighted by Crippen LogP contribution is -2.14. The molecule has 1 aliphatic rings. The Kier molecular flexibility index (Phi) is 3.05. The lowest BCUT2D eigenvalue weighted by Gasteiger charge is -2.21. The summed E-state index contributed by atoms with van der Waals surface area (Å²) >= 11 is 0. The molecule has 0 fully saturated rings. The van der Waals surface area contributed by atoms with Gasteiger partial charge in [0.1, 0.15) is 5.82 Å². The van der Waals surface area contributed by atoms with Crippen LogP contribution in [0.15, 0.2) is 30.6 Å². The Morgan fingerprint density at radius 2 is 2.28 bits per heavy atom. The number of aromatic nitrogens is 2. The predicted molar refractivity (Wildman–Crippen MR) is 73.9 cm³/mol. The average molecular weight is 241 g/mol. The molecule has 0 spiro atoms. The van der Waals surface area contributed by atoms with Crippen molar-refractivity contribution in [2.45, 2.75) is 25.7 Å². The summed E-state index contributed by atoms with van der Waals surface area (Å²) < 4.78 is 2.10. The second kappa shape index (κ2) is 4.84. The average Bonchev–Trinajstić information content (AvgIpc) is 2.82. The van der Waals surface area contributed by atoms with Crippen molar-refractivity contribution >= 4 is 5.69 Å². The van der Waals surface area contributed by atoms with E-state index < -0.39 is 0 Å². The summed E-state index contributed by atoms with van der Waals surface area (Å²) in [4.78, 5) is 4.39. The predicted octanol–water partition coefficient (Wildman–Crippen LogP) is 2.56. The van der Waals surface area contributed by atoms with Crippen LogP contribution < -0.4 is 5.32 Å². The highest BCUT2D eigenvalue weighted by molar-refractivity contribution is 5.56. The molecular weight excluding hydrogens is 222 g/mol. The molecule has 18 heavy (non-hydrogen) atoms. The molecule has 0 amide bonds. The maximum absolute atomic E-state index is 4.39. The number of fused-ring (bicyclic) bond motifs is 1. The van der Waals surface area contributed by atoms with Crippen molar-refractivity contribution in [3.63, 3.8) is 0 Å². The Balaban J connectivity index is 1.79. The summed E-state index contributed by atoms with van der Waals surface area (Å²) in [5.74, 6) is 1.16. The SMILES string of the molecule is Cn1ccnc1CCc1cccc2c1CCCN2. The van der Waals surface area contributed by atoms with Gasteiger partial charge in [-0.25, -0.2) is 4.98 Å². The van der Waals surface area contributed by atoms with Crippen molar-refractivity contribution in [3.05, 3.63) is 47.5 Å². The van der Waals surface area contributed by atoms with E-state index in [2.05, 4.69) is 40.1 Å². The Labute approximate surface area is 108 Å². The van der Waals surface area contributed by atoms with Gasteiger partial charge in [0.2, 0.25) is 0 Å². The molecular formula is C15H19N3. The minimum atomic E-state index is 1.01. The number of imidazole rings is 1. The van der Waals surface area contributed by atoms with Crippen LogP contribution in [0.25, 0.3) is 0 Å². The Hall–Kier alpha value is -1.77. The molecule has 3 rings (SSSR count). The second-order valence-corrected chi connectivity index (χ2v) is 4.93. The molecule has 0 unspecified atom stereocenters. The molecule has 0 saturated heterocycles. The van der Waals surface area contributed by atoms with Crippen LogP contribution in [0.1, 0.15) is 23.4 Å². The van der Waals surface area contributed by atoms with Crippen LogP contribution in [0.4, 0.5) is 5.69 Å². The molecule has 0 aliphatic carbocycles. The van der Waals surface area contributed by atoms with E-state index >= 15 is 0 Å². The molecule has 94 valence electrons. The highest BCUT2D eigenvalue weighted by Gasteiger charge is 2.12. The summed E-state index contributed by atoms with van der Waals surface area (Å²) in [6.45, 7) is 1.11. The zero-order valence-electron chi connectivity index (χ0n) is 10.8. The van der Waals surface area contributed by atoms with Crippen LogP contribution in [-0.4, -0.2) is 16.1 Å². The van der Waals surface area contributed by atoms with E-state index in [1.54, 1.807) is 0 Å². The fourth-order valence-electron chi connectivity index (χ4n) is 2.70. The molecule has 2 heterocycles. The maximum atomic E-state index is 4.39. The van der Waals surface area contributed by atoms with E-state index in [1.807, 2.05) is 12.4 Å². The van der Waals surface area contributed by atoms with Gasteiger partial charge in [-0.05, 0) is 36.5 Å². The van der Waals surface area contributed by atoms with Crippen LogP contribution in [0.3, 0.4) is 0 Å². The summed E-state index contributed by atoms with van der Waals surface area (Å²) in [5.41, 5.74) is 4.32. The number of nitrogens with one attached hydrogen (secondary N) is 1. The number of rotatable bonds is 3. The lowest BCUT2D eigenvalue weighted by molar-refractivity contribution is 0.757. The van der Waals surface area contributed by atoms with Gasteiger partial charge >= 0.3 is 0 Å². The van der Waals surface area contributed by atoms with Crippen LogP contribution >= 0.6 is 0 Å². The molecule has 1 aromatic carbocycles. The van der Waals surface area contributed by atoms with Gasteiger partial charge in [0.05, 0.1) is 0 Å². The monoisotopic (exact) mass is 241 g/mol. The van der Waals surface area contributed by atoms with Gasteiger partial charge in [0.25, 0.3) is 0 Å². The first kappa shape index (κ1) is 11.3. The quantitative estimate of drug-likeness (QED) is 0.895. The van der Waals surface area contributed by atoms with E-state index in [0.29, 0.717) is 0 Å². The number of benzene rings is 1. The molecule has 3 nitrogen and oxygen atoms in total. The lowest BCUT2D eigenvalue weighted by atomic mass is 9.95. The largest absolute Gasteiger partial charge is 0.385 e. The molecule has 1 aliphatic heterocycles. The zero-order valence-corrected chi connectivity index (χ0v) is 10.8. The highest BCUT2D eigenvalue weighted by atomic mass is 15.0. The van der Waals surface area contributed by atoms with Crippen molar-refractivity contribution in [2.75, 3.05) is 11.9 Å². The van der Waals surface area contributed by atoms with E-state index in [-0.39, 0.29) is 0 Å². The third kappa shape index (κ3) is 2.13. The maximum Gasteiger partial charge on any atom is 0.108 e. The first-order valence-electron chi connectivity index (χ1n) is 6.65. The molecule has 1 N–H and O–H groups in total. The first-order chi connectivity index (χ1) is 8.84. The Morgan fingerprint density at radius 1 is 1.33 bits per heavy atom. The van der Waals surface area contributed by atoms with Crippen molar-refractivity contribution in [1.29, 1.82) is 0 Å². The fraction of sp³-hybridized carbons (Fsp3) is 0.400. The Morgan fingerprint density at radius 3 is 3.11 bits per heavy atom. The number of hydrogen-bond acceptors (Lipinski definition) is 2. The van der Waals surface area contributed by atoms with Crippen LogP contribution in [0.2, 0.25) is 0 Å². The van der Waals surface area contributed by atoms with Gasteiger partial charge in [0.15, 0.2) is 0 Å². The zero-order chi connectivity index (χ0) is 12.4. The van der Waals surface area contributed by atoms with Crippen LogP contribution in [0, 0.1) is 0 Å². The third-order valence-electron chi connectivity index (χ3n) is 3.73. The van der Waals surface area contributed by atoms with Crippen molar-refractivity contribution in [3.8, 4) is 0 Å². The highest BCUT2D eigenvalue weighted by Crippen LogP contribution is 2.26. The van der Waals surface area contributed by atoms with E-state index in [9.17, 15) is 0 Å². The summed E-state index contributed by atoms with van der Waals surface area (Å²) in [7, 11) is 2.06. The summed E-state index contributed by atoms with van der Waals surface area (Å²) in [5, 5.41) is 3.49. The number of aryl methyl sites for hydroxylation is 3.